The number of sulfonamides is 1. The molecule has 21 heavy (non-hydrogen) atoms. The Morgan fingerprint density at radius 2 is 2.10 bits per heavy atom. The third-order valence-electron chi connectivity index (χ3n) is 3.67. The lowest BCUT2D eigenvalue weighted by molar-refractivity contribution is 0.529. The zero-order valence-electron chi connectivity index (χ0n) is 12.8. The normalized spacial score (nSPS) is 17.2. The summed E-state index contributed by atoms with van der Waals surface area (Å²) in [6.45, 7) is 3.74. The van der Waals surface area contributed by atoms with E-state index in [-0.39, 0.29) is 6.04 Å². The SMILES string of the molecule is CCCNCc1cc(S(=O)(=O)NC2CCSCC2)cn1C. The Bertz CT molecular complexity index is 549. The van der Waals surface area contributed by atoms with Crippen LogP contribution in [0.15, 0.2) is 17.2 Å². The predicted molar refractivity (Wildman–Crippen MR) is 88.1 cm³/mol. The van der Waals surface area contributed by atoms with Gasteiger partial charge in [-0.3, -0.25) is 0 Å². The van der Waals surface area contributed by atoms with Crippen molar-refractivity contribution in [1.29, 1.82) is 0 Å². The molecule has 1 fully saturated rings. The second-order valence-electron chi connectivity index (χ2n) is 5.46. The van der Waals surface area contributed by atoms with Crippen LogP contribution >= 0.6 is 11.8 Å². The van der Waals surface area contributed by atoms with Crippen molar-refractivity contribution in [1.82, 2.24) is 14.6 Å². The molecular weight excluding hydrogens is 306 g/mol. The first kappa shape index (κ1) is 16.9. The van der Waals surface area contributed by atoms with Crippen molar-refractivity contribution >= 4 is 21.8 Å². The Labute approximate surface area is 131 Å². The third-order valence-corrected chi connectivity index (χ3v) is 6.21. The van der Waals surface area contributed by atoms with E-state index in [1.54, 1.807) is 12.3 Å². The van der Waals surface area contributed by atoms with E-state index >= 15 is 0 Å². The number of nitrogens with one attached hydrogen (secondary N) is 2. The average Bonchev–Trinajstić information content (AvgIpc) is 2.82. The van der Waals surface area contributed by atoms with Crippen LogP contribution in [0.4, 0.5) is 0 Å². The Morgan fingerprint density at radius 1 is 1.38 bits per heavy atom. The summed E-state index contributed by atoms with van der Waals surface area (Å²) in [6.07, 6.45) is 4.60. The van der Waals surface area contributed by atoms with Gasteiger partial charge in [-0.1, -0.05) is 6.92 Å². The minimum absolute atomic E-state index is 0.0816. The molecule has 0 radical (unpaired) electrons. The molecule has 0 bridgehead atoms. The van der Waals surface area contributed by atoms with Crippen LogP contribution in [0.1, 0.15) is 31.9 Å². The van der Waals surface area contributed by atoms with Crippen molar-refractivity contribution in [3.05, 3.63) is 18.0 Å². The smallest absolute Gasteiger partial charge is 0.242 e. The molecule has 0 atom stereocenters. The van der Waals surface area contributed by atoms with E-state index in [1.165, 1.54) is 0 Å². The molecule has 0 unspecified atom stereocenters. The fourth-order valence-corrected chi connectivity index (χ4v) is 4.90. The van der Waals surface area contributed by atoms with Crippen molar-refractivity contribution in [2.24, 2.45) is 7.05 Å². The highest BCUT2D eigenvalue weighted by atomic mass is 32.2. The van der Waals surface area contributed by atoms with Gasteiger partial charge in [-0.05, 0) is 43.4 Å². The summed E-state index contributed by atoms with van der Waals surface area (Å²) in [7, 11) is -1.51. The Balaban J connectivity index is 2.03. The lowest BCUT2D eigenvalue weighted by Crippen LogP contribution is -2.37. The van der Waals surface area contributed by atoms with Crippen LogP contribution in [0.2, 0.25) is 0 Å². The molecule has 2 rings (SSSR count). The maximum Gasteiger partial charge on any atom is 0.242 e. The second kappa shape index (κ2) is 7.67. The highest BCUT2D eigenvalue weighted by Crippen LogP contribution is 2.20. The van der Waals surface area contributed by atoms with Gasteiger partial charge in [-0.15, -0.1) is 0 Å². The quantitative estimate of drug-likeness (QED) is 0.747. The topological polar surface area (TPSA) is 63.1 Å². The van der Waals surface area contributed by atoms with Crippen molar-refractivity contribution < 1.29 is 8.42 Å². The lowest BCUT2D eigenvalue weighted by atomic mass is 10.2. The van der Waals surface area contributed by atoms with Gasteiger partial charge in [0.1, 0.15) is 0 Å². The predicted octanol–water partition coefficient (Wildman–Crippen LogP) is 1.70. The summed E-state index contributed by atoms with van der Waals surface area (Å²) in [5.41, 5.74) is 0.989. The van der Waals surface area contributed by atoms with Crippen LogP contribution in [-0.2, 0) is 23.6 Å². The molecule has 0 spiro atoms. The molecule has 1 saturated heterocycles. The van der Waals surface area contributed by atoms with E-state index in [1.807, 2.05) is 23.4 Å². The van der Waals surface area contributed by atoms with Crippen LogP contribution in [0, 0.1) is 0 Å². The summed E-state index contributed by atoms with van der Waals surface area (Å²) in [6, 6.07) is 1.85. The minimum atomic E-state index is -3.40. The molecule has 2 N–H and O–H groups in total. The van der Waals surface area contributed by atoms with Gasteiger partial charge in [-0.25, -0.2) is 13.1 Å². The Hall–Kier alpha value is -0.500. The Morgan fingerprint density at radius 3 is 2.76 bits per heavy atom. The number of thioether (sulfide) groups is 1. The highest BCUT2D eigenvalue weighted by molar-refractivity contribution is 7.99. The number of hydrogen-bond donors (Lipinski definition) is 2. The zero-order valence-corrected chi connectivity index (χ0v) is 14.4. The second-order valence-corrected chi connectivity index (χ2v) is 8.40. The molecule has 0 aromatic carbocycles. The number of hydrogen-bond acceptors (Lipinski definition) is 4. The average molecular weight is 332 g/mol. The van der Waals surface area contributed by atoms with E-state index in [0.717, 1.165) is 43.0 Å². The molecule has 1 aromatic heterocycles. The van der Waals surface area contributed by atoms with Crippen LogP contribution in [0.3, 0.4) is 0 Å². The van der Waals surface area contributed by atoms with Crippen molar-refractivity contribution in [2.45, 2.75) is 43.7 Å². The molecule has 1 aliphatic heterocycles. The van der Waals surface area contributed by atoms with E-state index in [0.29, 0.717) is 11.4 Å². The summed E-state index contributed by atoms with van der Waals surface area (Å²) in [4.78, 5) is 0.372. The molecule has 7 heteroatoms. The number of aromatic nitrogens is 1. The summed E-state index contributed by atoms with van der Waals surface area (Å²) in [5, 5.41) is 3.30. The number of rotatable bonds is 7. The van der Waals surface area contributed by atoms with Crippen molar-refractivity contribution in [2.75, 3.05) is 18.1 Å². The summed E-state index contributed by atoms with van der Waals surface area (Å²) in [5.74, 6) is 2.07. The fourth-order valence-electron chi connectivity index (χ4n) is 2.40. The number of nitrogens with zero attached hydrogens (tertiary/aromatic N) is 1. The zero-order chi connectivity index (χ0) is 15.3. The molecule has 0 amide bonds. The van der Waals surface area contributed by atoms with Crippen LogP contribution < -0.4 is 10.0 Å². The van der Waals surface area contributed by atoms with E-state index in [4.69, 9.17) is 0 Å². The summed E-state index contributed by atoms with van der Waals surface area (Å²) >= 11 is 1.89. The molecule has 120 valence electrons. The number of aryl methyl sites for hydroxylation is 1. The maximum absolute atomic E-state index is 12.4. The largest absolute Gasteiger partial charge is 0.352 e. The van der Waals surface area contributed by atoms with E-state index < -0.39 is 10.0 Å². The van der Waals surface area contributed by atoms with Gasteiger partial charge < -0.3 is 9.88 Å². The van der Waals surface area contributed by atoms with Gasteiger partial charge in [-0.2, -0.15) is 11.8 Å². The molecule has 1 aromatic rings. The van der Waals surface area contributed by atoms with Crippen LogP contribution in [0.5, 0.6) is 0 Å². The van der Waals surface area contributed by atoms with Gasteiger partial charge in [0.25, 0.3) is 0 Å². The van der Waals surface area contributed by atoms with Gasteiger partial charge in [0.05, 0.1) is 4.90 Å². The Kier molecular flexibility index (Phi) is 6.16. The molecule has 0 aliphatic carbocycles. The standard InChI is InChI=1S/C14H25N3O2S2/c1-3-6-15-10-13-9-14(11-17(13)2)21(18,19)16-12-4-7-20-8-5-12/h9,11-12,15-16H,3-8,10H2,1-2H3. The van der Waals surface area contributed by atoms with Gasteiger partial charge >= 0.3 is 0 Å². The monoisotopic (exact) mass is 331 g/mol. The first-order chi connectivity index (χ1) is 10.0. The van der Waals surface area contributed by atoms with Crippen LogP contribution in [-0.4, -0.2) is 37.1 Å². The van der Waals surface area contributed by atoms with Crippen LogP contribution in [0.25, 0.3) is 0 Å². The first-order valence-corrected chi connectivity index (χ1v) is 10.1. The van der Waals surface area contributed by atoms with E-state index in [2.05, 4.69) is 17.0 Å². The third kappa shape index (κ3) is 4.74. The lowest BCUT2D eigenvalue weighted by Gasteiger charge is -2.21. The van der Waals surface area contributed by atoms with Gasteiger partial charge in [0.2, 0.25) is 10.0 Å². The maximum atomic E-state index is 12.4. The van der Waals surface area contributed by atoms with Gasteiger partial charge in [0.15, 0.2) is 0 Å². The minimum Gasteiger partial charge on any atom is -0.352 e. The van der Waals surface area contributed by atoms with Crippen molar-refractivity contribution in [3.63, 3.8) is 0 Å². The molecule has 2 heterocycles. The highest BCUT2D eigenvalue weighted by Gasteiger charge is 2.23. The van der Waals surface area contributed by atoms with Crippen molar-refractivity contribution in [3.8, 4) is 0 Å². The molecule has 1 aliphatic rings. The molecule has 5 nitrogen and oxygen atoms in total. The summed E-state index contributed by atoms with van der Waals surface area (Å²) < 4.78 is 29.6. The first-order valence-electron chi connectivity index (χ1n) is 7.49. The fraction of sp³-hybridized carbons (Fsp3) is 0.714. The molecular formula is C14H25N3O2S2. The van der Waals surface area contributed by atoms with E-state index in [9.17, 15) is 8.42 Å². The van der Waals surface area contributed by atoms with Gasteiger partial charge in [0, 0.05) is 31.5 Å². The molecule has 0 saturated carbocycles.